The lowest BCUT2D eigenvalue weighted by Gasteiger charge is -2.23. The SMILES string of the molecule is CC(=O)C(O)C(O)C(O)C(O)C(C)=O. The first-order chi connectivity index (χ1) is 6.29. The molecule has 0 radical (unpaired) electrons. The molecule has 0 aromatic rings. The first-order valence-electron chi connectivity index (χ1n) is 4.02. The number of aliphatic hydroxyl groups is 4. The third kappa shape index (κ3) is 3.15. The predicted octanol–water partition coefficient (Wildman–Crippen LogP) is -2.39. The molecule has 4 unspecified atom stereocenters. The molecule has 14 heavy (non-hydrogen) atoms. The molecule has 4 atom stereocenters. The van der Waals surface area contributed by atoms with Gasteiger partial charge in [-0.2, -0.15) is 0 Å². The fourth-order valence-electron chi connectivity index (χ4n) is 0.854. The van der Waals surface area contributed by atoms with Crippen LogP contribution in [0.2, 0.25) is 0 Å². The van der Waals surface area contributed by atoms with Gasteiger partial charge in [0, 0.05) is 0 Å². The van der Waals surface area contributed by atoms with Gasteiger partial charge in [0.15, 0.2) is 11.6 Å². The lowest BCUT2D eigenvalue weighted by atomic mass is 9.99. The topological polar surface area (TPSA) is 115 Å². The third-order valence-corrected chi connectivity index (χ3v) is 1.83. The molecular weight excluding hydrogens is 192 g/mol. The molecule has 0 amide bonds. The third-order valence-electron chi connectivity index (χ3n) is 1.83. The van der Waals surface area contributed by atoms with Crippen molar-refractivity contribution in [3.63, 3.8) is 0 Å². The Morgan fingerprint density at radius 3 is 1.14 bits per heavy atom. The summed E-state index contributed by atoms with van der Waals surface area (Å²) in [6.45, 7) is 2.03. The fourth-order valence-corrected chi connectivity index (χ4v) is 0.854. The molecule has 4 N–H and O–H groups in total. The Balaban J connectivity index is 4.45. The summed E-state index contributed by atoms with van der Waals surface area (Å²) in [6, 6.07) is 0. The molecule has 0 rings (SSSR count). The molecule has 0 saturated carbocycles. The molecule has 0 aromatic carbocycles. The summed E-state index contributed by atoms with van der Waals surface area (Å²) in [5.74, 6) is -1.51. The zero-order valence-electron chi connectivity index (χ0n) is 7.91. The first kappa shape index (κ1) is 13.2. The average Bonchev–Trinajstić information content (AvgIpc) is 2.12. The van der Waals surface area contributed by atoms with Gasteiger partial charge in [-0.05, 0) is 13.8 Å². The summed E-state index contributed by atoms with van der Waals surface area (Å²) in [7, 11) is 0. The van der Waals surface area contributed by atoms with Crippen LogP contribution in [0.3, 0.4) is 0 Å². The summed E-state index contributed by atoms with van der Waals surface area (Å²) >= 11 is 0. The van der Waals surface area contributed by atoms with Crippen LogP contribution in [0, 0.1) is 0 Å². The van der Waals surface area contributed by atoms with E-state index in [1.807, 2.05) is 0 Å². The van der Waals surface area contributed by atoms with E-state index in [4.69, 9.17) is 20.4 Å². The van der Waals surface area contributed by atoms with E-state index in [9.17, 15) is 9.59 Å². The van der Waals surface area contributed by atoms with Crippen molar-refractivity contribution in [2.24, 2.45) is 0 Å². The largest absolute Gasteiger partial charge is 0.387 e. The smallest absolute Gasteiger partial charge is 0.160 e. The number of carbonyl (C=O) groups is 2. The van der Waals surface area contributed by atoms with Gasteiger partial charge in [-0.15, -0.1) is 0 Å². The highest BCUT2D eigenvalue weighted by atomic mass is 16.4. The normalized spacial score (nSPS) is 19.6. The second kappa shape index (κ2) is 5.16. The van der Waals surface area contributed by atoms with Crippen molar-refractivity contribution in [3.8, 4) is 0 Å². The van der Waals surface area contributed by atoms with E-state index in [0.29, 0.717) is 0 Å². The van der Waals surface area contributed by atoms with Crippen molar-refractivity contribution < 1.29 is 30.0 Å². The van der Waals surface area contributed by atoms with E-state index >= 15 is 0 Å². The van der Waals surface area contributed by atoms with Gasteiger partial charge < -0.3 is 20.4 Å². The van der Waals surface area contributed by atoms with Crippen molar-refractivity contribution in [2.45, 2.75) is 38.3 Å². The molecule has 0 aromatic heterocycles. The van der Waals surface area contributed by atoms with Gasteiger partial charge in [0.2, 0.25) is 0 Å². The van der Waals surface area contributed by atoms with Crippen LogP contribution in [0.4, 0.5) is 0 Å². The Labute approximate surface area is 80.8 Å². The van der Waals surface area contributed by atoms with Gasteiger partial charge in [-0.3, -0.25) is 9.59 Å². The van der Waals surface area contributed by atoms with Crippen LogP contribution in [0.5, 0.6) is 0 Å². The van der Waals surface area contributed by atoms with E-state index in [0.717, 1.165) is 13.8 Å². The number of rotatable bonds is 5. The van der Waals surface area contributed by atoms with E-state index < -0.39 is 36.0 Å². The van der Waals surface area contributed by atoms with Crippen LogP contribution < -0.4 is 0 Å². The number of Topliss-reactive ketones (excluding diaryl/α,β-unsaturated/α-hetero) is 2. The van der Waals surface area contributed by atoms with Crippen LogP contribution >= 0.6 is 0 Å². The molecule has 0 aliphatic carbocycles. The minimum Gasteiger partial charge on any atom is -0.387 e. The molecule has 0 fully saturated rings. The van der Waals surface area contributed by atoms with E-state index in [1.165, 1.54) is 0 Å². The number of ketones is 2. The Morgan fingerprint density at radius 1 is 0.786 bits per heavy atom. The summed E-state index contributed by atoms with van der Waals surface area (Å²) in [5, 5.41) is 36.3. The van der Waals surface area contributed by atoms with E-state index in [2.05, 4.69) is 0 Å². The van der Waals surface area contributed by atoms with Crippen LogP contribution in [0.25, 0.3) is 0 Å². The number of aliphatic hydroxyl groups excluding tert-OH is 4. The monoisotopic (exact) mass is 206 g/mol. The second-order valence-corrected chi connectivity index (χ2v) is 3.09. The van der Waals surface area contributed by atoms with E-state index in [1.54, 1.807) is 0 Å². The molecule has 0 bridgehead atoms. The predicted molar refractivity (Wildman–Crippen MR) is 45.4 cm³/mol. The maximum absolute atomic E-state index is 10.6. The standard InChI is InChI=1S/C8H14O6/c1-3(9)5(11)7(13)8(14)6(12)4(2)10/h5-8,11-14H,1-2H3. The highest BCUT2D eigenvalue weighted by molar-refractivity contribution is 5.82. The van der Waals surface area contributed by atoms with Crippen LogP contribution in [0.15, 0.2) is 0 Å². The molecule has 82 valence electrons. The molecule has 0 aliphatic rings. The van der Waals surface area contributed by atoms with Crippen molar-refractivity contribution in [3.05, 3.63) is 0 Å². The Kier molecular flexibility index (Phi) is 4.86. The molecule has 0 spiro atoms. The van der Waals surface area contributed by atoms with Crippen molar-refractivity contribution in [1.29, 1.82) is 0 Å². The van der Waals surface area contributed by atoms with Crippen LogP contribution in [-0.2, 0) is 9.59 Å². The average molecular weight is 206 g/mol. The quantitative estimate of drug-likeness (QED) is 0.399. The molecular formula is C8H14O6. The second-order valence-electron chi connectivity index (χ2n) is 3.09. The van der Waals surface area contributed by atoms with Crippen molar-refractivity contribution in [1.82, 2.24) is 0 Å². The Hall–Kier alpha value is -0.820. The molecule has 0 heterocycles. The minimum absolute atomic E-state index is 0.757. The lowest BCUT2D eigenvalue weighted by molar-refractivity contribution is -0.151. The van der Waals surface area contributed by atoms with Crippen molar-refractivity contribution >= 4 is 11.6 Å². The van der Waals surface area contributed by atoms with Gasteiger partial charge >= 0.3 is 0 Å². The number of hydrogen-bond acceptors (Lipinski definition) is 6. The van der Waals surface area contributed by atoms with Gasteiger partial charge in [-0.1, -0.05) is 0 Å². The first-order valence-corrected chi connectivity index (χ1v) is 4.02. The highest BCUT2D eigenvalue weighted by Crippen LogP contribution is 2.06. The highest BCUT2D eigenvalue weighted by Gasteiger charge is 2.34. The minimum atomic E-state index is -1.87. The summed E-state index contributed by atoms with van der Waals surface area (Å²) in [4.78, 5) is 21.2. The van der Waals surface area contributed by atoms with Gasteiger partial charge in [0.25, 0.3) is 0 Å². The van der Waals surface area contributed by atoms with Gasteiger partial charge in [0.05, 0.1) is 0 Å². The Bertz CT molecular complexity index is 202. The van der Waals surface area contributed by atoms with Crippen LogP contribution in [-0.4, -0.2) is 56.4 Å². The fraction of sp³-hybridized carbons (Fsp3) is 0.750. The molecule has 6 heteroatoms. The number of carbonyl (C=O) groups excluding carboxylic acids is 2. The molecule has 0 aliphatic heterocycles. The van der Waals surface area contributed by atoms with E-state index in [-0.39, 0.29) is 0 Å². The maximum Gasteiger partial charge on any atom is 0.160 e. The molecule has 0 saturated heterocycles. The zero-order valence-corrected chi connectivity index (χ0v) is 7.91. The van der Waals surface area contributed by atoms with Crippen molar-refractivity contribution in [2.75, 3.05) is 0 Å². The summed E-state index contributed by atoms with van der Waals surface area (Å²) in [6.07, 6.45) is -7.35. The summed E-state index contributed by atoms with van der Waals surface area (Å²) < 4.78 is 0. The molecule has 6 nitrogen and oxygen atoms in total. The zero-order chi connectivity index (χ0) is 11.5. The number of hydrogen-bond donors (Lipinski definition) is 4. The van der Waals surface area contributed by atoms with Gasteiger partial charge in [-0.25, -0.2) is 0 Å². The summed E-state index contributed by atoms with van der Waals surface area (Å²) in [5.41, 5.74) is 0. The van der Waals surface area contributed by atoms with Crippen LogP contribution in [0.1, 0.15) is 13.8 Å². The Morgan fingerprint density at radius 2 is 1.00 bits per heavy atom. The lowest BCUT2D eigenvalue weighted by Crippen LogP contribution is -2.49. The van der Waals surface area contributed by atoms with Gasteiger partial charge in [0.1, 0.15) is 24.4 Å². The maximum atomic E-state index is 10.6.